The first kappa shape index (κ1) is 23.7. The topological polar surface area (TPSA) is 81.5 Å². The minimum absolute atomic E-state index is 0.00465. The SMILES string of the molecule is COc1ccc(C(NC(=O)CSc2nnc(N3CCOCC3)n2-c2ccccc2C)C2CC2)cc1. The van der Waals surface area contributed by atoms with Gasteiger partial charge < -0.3 is 19.7 Å². The lowest BCUT2D eigenvalue weighted by Gasteiger charge is -2.28. The Balaban J connectivity index is 1.32. The van der Waals surface area contributed by atoms with Crippen LogP contribution in [0.5, 0.6) is 5.75 Å². The summed E-state index contributed by atoms with van der Waals surface area (Å²) in [5, 5.41) is 13.0. The van der Waals surface area contributed by atoms with E-state index in [4.69, 9.17) is 9.47 Å². The Morgan fingerprint density at radius 2 is 1.89 bits per heavy atom. The second-order valence-electron chi connectivity index (χ2n) is 8.95. The molecule has 1 unspecified atom stereocenters. The molecule has 35 heavy (non-hydrogen) atoms. The first-order chi connectivity index (χ1) is 17.1. The van der Waals surface area contributed by atoms with Gasteiger partial charge in [-0.25, -0.2) is 0 Å². The van der Waals surface area contributed by atoms with E-state index in [1.54, 1.807) is 7.11 Å². The molecule has 1 atom stereocenters. The van der Waals surface area contributed by atoms with Gasteiger partial charge >= 0.3 is 0 Å². The van der Waals surface area contributed by atoms with Gasteiger partial charge in [-0.3, -0.25) is 9.36 Å². The monoisotopic (exact) mass is 493 g/mol. The average Bonchev–Trinajstić information content (AvgIpc) is 3.66. The number of nitrogens with one attached hydrogen (secondary N) is 1. The molecule has 1 aliphatic carbocycles. The van der Waals surface area contributed by atoms with Crippen molar-refractivity contribution in [3.63, 3.8) is 0 Å². The van der Waals surface area contributed by atoms with Gasteiger partial charge in [-0.2, -0.15) is 0 Å². The van der Waals surface area contributed by atoms with Gasteiger partial charge in [0.1, 0.15) is 5.75 Å². The second kappa shape index (κ2) is 10.7. The summed E-state index contributed by atoms with van der Waals surface area (Å²) < 4.78 is 12.9. The number of ether oxygens (including phenoxy) is 2. The number of nitrogens with zero attached hydrogens (tertiary/aromatic N) is 4. The van der Waals surface area contributed by atoms with E-state index >= 15 is 0 Å². The smallest absolute Gasteiger partial charge is 0.232 e. The van der Waals surface area contributed by atoms with E-state index < -0.39 is 0 Å². The number of carbonyl (C=O) groups excluding carboxylic acids is 1. The molecule has 1 aliphatic heterocycles. The summed E-state index contributed by atoms with van der Waals surface area (Å²) in [6.45, 7) is 4.94. The highest BCUT2D eigenvalue weighted by molar-refractivity contribution is 7.99. The zero-order chi connectivity index (χ0) is 24.2. The summed E-state index contributed by atoms with van der Waals surface area (Å²) in [5.41, 5.74) is 3.27. The van der Waals surface area contributed by atoms with Crippen molar-refractivity contribution in [2.24, 2.45) is 5.92 Å². The van der Waals surface area contributed by atoms with E-state index in [0.717, 1.165) is 54.4 Å². The lowest BCUT2D eigenvalue weighted by atomic mass is 10.0. The van der Waals surface area contributed by atoms with Crippen molar-refractivity contribution >= 4 is 23.6 Å². The maximum atomic E-state index is 13.0. The largest absolute Gasteiger partial charge is 0.497 e. The molecule has 2 fully saturated rings. The Bertz CT molecular complexity index is 1160. The molecule has 8 nitrogen and oxygen atoms in total. The molecule has 0 spiro atoms. The van der Waals surface area contributed by atoms with Crippen LogP contribution in [0.25, 0.3) is 5.69 Å². The predicted molar refractivity (Wildman–Crippen MR) is 136 cm³/mol. The molecule has 2 aromatic carbocycles. The van der Waals surface area contributed by atoms with Gasteiger partial charge in [-0.05, 0) is 55.0 Å². The van der Waals surface area contributed by atoms with Gasteiger partial charge in [0.25, 0.3) is 0 Å². The highest BCUT2D eigenvalue weighted by Gasteiger charge is 2.33. The molecule has 0 bridgehead atoms. The Labute approximate surface area is 210 Å². The van der Waals surface area contributed by atoms with Crippen molar-refractivity contribution in [3.8, 4) is 11.4 Å². The van der Waals surface area contributed by atoms with Crippen LogP contribution in [-0.2, 0) is 9.53 Å². The molecule has 5 rings (SSSR count). The summed E-state index contributed by atoms with van der Waals surface area (Å²) in [7, 11) is 1.66. The van der Waals surface area contributed by atoms with Gasteiger partial charge in [-0.15, -0.1) is 10.2 Å². The van der Waals surface area contributed by atoms with E-state index in [9.17, 15) is 4.79 Å². The normalized spacial score (nSPS) is 16.7. The molecule has 9 heteroatoms. The van der Waals surface area contributed by atoms with E-state index in [2.05, 4.69) is 44.0 Å². The number of benzene rings is 2. The van der Waals surface area contributed by atoms with Crippen LogP contribution in [-0.4, -0.2) is 59.8 Å². The summed E-state index contributed by atoms with van der Waals surface area (Å²) in [6, 6.07) is 16.2. The molecular formula is C26H31N5O3S. The number of para-hydroxylation sites is 1. The summed E-state index contributed by atoms with van der Waals surface area (Å²) in [4.78, 5) is 15.2. The van der Waals surface area contributed by atoms with Gasteiger partial charge in [0.05, 0.1) is 37.8 Å². The molecule has 1 N–H and O–H groups in total. The van der Waals surface area contributed by atoms with Gasteiger partial charge in [-0.1, -0.05) is 42.1 Å². The van der Waals surface area contributed by atoms with Crippen LogP contribution in [0.1, 0.15) is 30.0 Å². The van der Waals surface area contributed by atoms with Crippen molar-refractivity contribution in [1.29, 1.82) is 0 Å². The first-order valence-electron chi connectivity index (χ1n) is 12.0. The van der Waals surface area contributed by atoms with Crippen molar-refractivity contribution in [3.05, 3.63) is 59.7 Å². The number of carbonyl (C=O) groups is 1. The van der Waals surface area contributed by atoms with Crippen molar-refractivity contribution in [2.75, 3.05) is 44.1 Å². The number of thioether (sulfide) groups is 1. The van der Waals surface area contributed by atoms with E-state index in [1.165, 1.54) is 11.8 Å². The lowest BCUT2D eigenvalue weighted by molar-refractivity contribution is -0.119. The quantitative estimate of drug-likeness (QED) is 0.454. The van der Waals surface area contributed by atoms with Crippen LogP contribution in [0.15, 0.2) is 53.7 Å². The van der Waals surface area contributed by atoms with Crippen LogP contribution in [0.3, 0.4) is 0 Å². The maximum Gasteiger partial charge on any atom is 0.232 e. The zero-order valence-corrected chi connectivity index (χ0v) is 21.0. The fraction of sp³-hybridized carbons (Fsp3) is 0.423. The molecule has 3 aromatic rings. The molecule has 2 heterocycles. The van der Waals surface area contributed by atoms with Crippen molar-refractivity contribution in [2.45, 2.75) is 31.0 Å². The molecular weight excluding hydrogens is 462 g/mol. The number of anilines is 1. The Hall–Kier alpha value is -3.04. The third kappa shape index (κ3) is 5.46. The molecule has 1 saturated carbocycles. The number of rotatable bonds is 9. The number of hydrogen-bond donors (Lipinski definition) is 1. The van der Waals surface area contributed by atoms with Gasteiger partial charge in [0.15, 0.2) is 5.16 Å². The minimum atomic E-state index is -0.00465. The summed E-state index contributed by atoms with van der Waals surface area (Å²) in [6.07, 6.45) is 2.27. The number of morpholine rings is 1. The number of aryl methyl sites for hydroxylation is 1. The van der Waals surface area contributed by atoms with E-state index in [0.29, 0.717) is 24.3 Å². The van der Waals surface area contributed by atoms with Crippen LogP contribution < -0.4 is 15.0 Å². The fourth-order valence-electron chi connectivity index (χ4n) is 4.41. The second-order valence-corrected chi connectivity index (χ2v) is 9.89. The van der Waals surface area contributed by atoms with Crippen LogP contribution in [0.2, 0.25) is 0 Å². The third-order valence-electron chi connectivity index (χ3n) is 6.48. The standard InChI is InChI=1S/C26H31N5O3S/c1-18-5-3-4-6-22(18)31-25(30-13-15-34-16-14-30)28-29-26(31)35-17-23(32)27-24(19-7-8-19)20-9-11-21(33-2)12-10-20/h3-6,9-12,19,24H,7-8,13-17H2,1-2H3,(H,27,32). The lowest BCUT2D eigenvalue weighted by Crippen LogP contribution is -2.38. The number of hydrogen-bond acceptors (Lipinski definition) is 7. The first-order valence-corrected chi connectivity index (χ1v) is 13.0. The minimum Gasteiger partial charge on any atom is -0.497 e. The van der Waals surface area contributed by atoms with Crippen LogP contribution >= 0.6 is 11.8 Å². The molecule has 0 radical (unpaired) electrons. The van der Waals surface area contributed by atoms with Crippen LogP contribution in [0, 0.1) is 12.8 Å². The summed E-state index contributed by atoms with van der Waals surface area (Å²) >= 11 is 1.42. The Morgan fingerprint density at radius 3 is 2.57 bits per heavy atom. The van der Waals surface area contributed by atoms with E-state index in [-0.39, 0.29) is 17.7 Å². The number of aromatic nitrogens is 3. The van der Waals surface area contributed by atoms with Crippen LogP contribution in [0.4, 0.5) is 5.95 Å². The van der Waals surface area contributed by atoms with Gasteiger partial charge in [0, 0.05) is 13.1 Å². The zero-order valence-electron chi connectivity index (χ0n) is 20.1. The number of methoxy groups -OCH3 is 1. The average molecular weight is 494 g/mol. The molecule has 184 valence electrons. The highest BCUT2D eigenvalue weighted by Crippen LogP contribution is 2.41. The predicted octanol–water partition coefficient (Wildman–Crippen LogP) is 3.78. The number of amides is 1. The maximum absolute atomic E-state index is 13.0. The Morgan fingerprint density at radius 1 is 1.14 bits per heavy atom. The molecule has 2 aliphatic rings. The fourth-order valence-corrected chi connectivity index (χ4v) is 5.16. The third-order valence-corrected chi connectivity index (χ3v) is 7.41. The molecule has 1 amide bonds. The van der Waals surface area contributed by atoms with Gasteiger partial charge in [0.2, 0.25) is 11.9 Å². The molecule has 1 saturated heterocycles. The summed E-state index contributed by atoms with van der Waals surface area (Å²) in [5.74, 6) is 2.36. The van der Waals surface area contributed by atoms with E-state index in [1.807, 2.05) is 36.4 Å². The highest BCUT2D eigenvalue weighted by atomic mass is 32.2. The Kier molecular flexibility index (Phi) is 7.24. The van der Waals surface area contributed by atoms with Crippen molar-refractivity contribution in [1.82, 2.24) is 20.1 Å². The van der Waals surface area contributed by atoms with Crippen molar-refractivity contribution < 1.29 is 14.3 Å². The molecule has 1 aromatic heterocycles.